The maximum atomic E-state index is 3.01. The van der Waals surface area contributed by atoms with Crippen LogP contribution in [0.5, 0.6) is 0 Å². The van der Waals surface area contributed by atoms with Gasteiger partial charge in [-0.2, -0.15) is 0 Å². The summed E-state index contributed by atoms with van der Waals surface area (Å²) in [5.74, 6) is 0. The van der Waals surface area contributed by atoms with Crippen LogP contribution in [0.3, 0.4) is 0 Å². The summed E-state index contributed by atoms with van der Waals surface area (Å²) in [6, 6.07) is 0. The topological polar surface area (TPSA) is 24.1 Å². The van der Waals surface area contributed by atoms with Gasteiger partial charge in [-0.15, -0.1) is 0 Å². The first-order valence-corrected chi connectivity index (χ1v) is 3.95. The first-order chi connectivity index (χ1) is 4.81. The molecule has 0 fully saturated rings. The molecule has 0 saturated carbocycles. The van der Waals surface area contributed by atoms with E-state index in [-0.39, 0.29) is 0 Å². The van der Waals surface area contributed by atoms with Crippen LogP contribution in [-0.4, -0.2) is 6.54 Å². The van der Waals surface area contributed by atoms with Gasteiger partial charge in [0.2, 0.25) is 0 Å². The zero-order valence-corrected chi connectivity index (χ0v) is 7.20. The monoisotopic (exact) mass is 142 g/mol. The number of nitrogens with one attached hydrogen (secondary N) is 2. The molecule has 0 aromatic heterocycles. The summed E-state index contributed by atoms with van der Waals surface area (Å²) in [5, 5.41) is 0. The second kappa shape index (κ2) is 6.62. The lowest BCUT2D eigenvalue weighted by Crippen LogP contribution is -2.26. The van der Waals surface area contributed by atoms with Crippen molar-refractivity contribution in [2.45, 2.75) is 33.6 Å². The van der Waals surface area contributed by atoms with Crippen LogP contribution in [0.25, 0.3) is 0 Å². The van der Waals surface area contributed by atoms with Crippen LogP contribution in [0.1, 0.15) is 33.6 Å². The highest BCUT2D eigenvalue weighted by molar-refractivity contribution is 4.94. The second-order valence-electron chi connectivity index (χ2n) is 2.42. The minimum Gasteiger partial charge on any atom is -0.329 e. The molecule has 0 radical (unpaired) electrons. The van der Waals surface area contributed by atoms with Crippen LogP contribution in [-0.2, 0) is 0 Å². The molecule has 0 atom stereocenters. The predicted octanol–water partition coefficient (Wildman–Crippen LogP) is 1.80. The Bertz CT molecular complexity index is 97.4. The van der Waals surface area contributed by atoms with E-state index in [0.29, 0.717) is 0 Å². The Balaban J connectivity index is 3.28. The molecule has 0 aliphatic heterocycles. The van der Waals surface area contributed by atoms with Gasteiger partial charge in [0.05, 0.1) is 0 Å². The third-order valence-corrected chi connectivity index (χ3v) is 1.24. The van der Waals surface area contributed by atoms with E-state index < -0.39 is 0 Å². The number of hydrogen-bond donors (Lipinski definition) is 2. The minimum atomic E-state index is 0.954. The molecular formula is C8H18N2. The zero-order valence-electron chi connectivity index (χ0n) is 7.20. The lowest BCUT2D eigenvalue weighted by Gasteiger charge is -2.01. The SMILES string of the molecule is CCC/C(C)=C\NNCC. The van der Waals surface area contributed by atoms with Crippen molar-refractivity contribution in [1.82, 2.24) is 10.9 Å². The highest BCUT2D eigenvalue weighted by Crippen LogP contribution is 1.99. The van der Waals surface area contributed by atoms with Crippen molar-refractivity contribution in [2.75, 3.05) is 6.54 Å². The lowest BCUT2D eigenvalue weighted by molar-refractivity contribution is 0.648. The van der Waals surface area contributed by atoms with E-state index in [1.807, 2.05) is 6.20 Å². The summed E-state index contributed by atoms with van der Waals surface area (Å²) < 4.78 is 0. The van der Waals surface area contributed by atoms with Crippen LogP contribution in [0.15, 0.2) is 11.8 Å². The number of hydrazine groups is 1. The Hall–Kier alpha value is -0.500. The van der Waals surface area contributed by atoms with Crippen molar-refractivity contribution in [3.05, 3.63) is 11.8 Å². The number of hydrogen-bond acceptors (Lipinski definition) is 2. The van der Waals surface area contributed by atoms with E-state index in [4.69, 9.17) is 0 Å². The third-order valence-electron chi connectivity index (χ3n) is 1.24. The molecule has 0 aliphatic rings. The van der Waals surface area contributed by atoms with E-state index in [0.717, 1.165) is 6.54 Å². The fourth-order valence-electron chi connectivity index (χ4n) is 0.743. The van der Waals surface area contributed by atoms with Crippen molar-refractivity contribution < 1.29 is 0 Å². The van der Waals surface area contributed by atoms with Gasteiger partial charge in [-0.05, 0) is 13.3 Å². The van der Waals surface area contributed by atoms with Crippen LogP contribution in [0.4, 0.5) is 0 Å². The standard InChI is InChI=1S/C8H18N2/c1-4-6-8(3)7-10-9-5-2/h7,9-10H,4-6H2,1-3H3/b8-7-. The van der Waals surface area contributed by atoms with Crippen molar-refractivity contribution in [3.63, 3.8) is 0 Å². The molecule has 0 unspecified atom stereocenters. The predicted molar refractivity (Wildman–Crippen MR) is 45.5 cm³/mol. The maximum Gasteiger partial charge on any atom is 0.0119 e. The molecule has 0 amide bonds. The van der Waals surface area contributed by atoms with E-state index in [1.165, 1.54) is 18.4 Å². The van der Waals surface area contributed by atoms with Gasteiger partial charge in [-0.3, -0.25) is 0 Å². The van der Waals surface area contributed by atoms with Crippen molar-refractivity contribution in [3.8, 4) is 0 Å². The van der Waals surface area contributed by atoms with E-state index in [1.54, 1.807) is 0 Å². The van der Waals surface area contributed by atoms with Gasteiger partial charge in [0.25, 0.3) is 0 Å². The van der Waals surface area contributed by atoms with E-state index >= 15 is 0 Å². The molecule has 2 heteroatoms. The van der Waals surface area contributed by atoms with Gasteiger partial charge < -0.3 is 5.43 Å². The van der Waals surface area contributed by atoms with Gasteiger partial charge in [0.1, 0.15) is 0 Å². The molecule has 0 heterocycles. The van der Waals surface area contributed by atoms with Crippen LogP contribution < -0.4 is 10.9 Å². The normalized spacial score (nSPS) is 11.7. The molecule has 60 valence electrons. The number of allylic oxidation sites excluding steroid dienone is 1. The molecule has 2 N–H and O–H groups in total. The fourth-order valence-corrected chi connectivity index (χ4v) is 0.743. The molecule has 0 aromatic rings. The first kappa shape index (κ1) is 9.50. The molecule has 0 rings (SSSR count). The van der Waals surface area contributed by atoms with E-state index in [9.17, 15) is 0 Å². The third kappa shape index (κ3) is 5.63. The molecule has 0 bridgehead atoms. The quantitative estimate of drug-likeness (QED) is 0.452. The van der Waals surface area contributed by atoms with Crippen molar-refractivity contribution in [1.29, 1.82) is 0 Å². The van der Waals surface area contributed by atoms with E-state index in [2.05, 4.69) is 31.6 Å². The van der Waals surface area contributed by atoms with Gasteiger partial charge in [-0.1, -0.05) is 25.8 Å². The molecule has 0 spiro atoms. The Kier molecular flexibility index (Phi) is 6.29. The fraction of sp³-hybridized carbons (Fsp3) is 0.750. The smallest absolute Gasteiger partial charge is 0.0119 e. The minimum absolute atomic E-state index is 0.954. The molecular weight excluding hydrogens is 124 g/mol. The van der Waals surface area contributed by atoms with Crippen LogP contribution in [0.2, 0.25) is 0 Å². The summed E-state index contributed by atoms with van der Waals surface area (Å²) in [4.78, 5) is 0. The van der Waals surface area contributed by atoms with Crippen LogP contribution in [0, 0.1) is 0 Å². The highest BCUT2D eigenvalue weighted by Gasteiger charge is 1.83. The van der Waals surface area contributed by atoms with Crippen LogP contribution >= 0.6 is 0 Å². The zero-order chi connectivity index (χ0) is 7.82. The summed E-state index contributed by atoms with van der Waals surface area (Å²) in [6.45, 7) is 7.34. The first-order valence-electron chi connectivity index (χ1n) is 3.95. The summed E-state index contributed by atoms with van der Waals surface area (Å²) in [5.41, 5.74) is 7.41. The van der Waals surface area contributed by atoms with Gasteiger partial charge in [-0.25, -0.2) is 5.43 Å². The van der Waals surface area contributed by atoms with Gasteiger partial charge in [0.15, 0.2) is 0 Å². The summed E-state index contributed by atoms with van der Waals surface area (Å²) in [7, 11) is 0. The highest BCUT2D eigenvalue weighted by atomic mass is 15.3. The average Bonchev–Trinajstić information content (AvgIpc) is 1.89. The Labute approximate surface area is 63.7 Å². The average molecular weight is 142 g/mol. The summed E-state index contributed by atoms with van der Waals surface area (Å²) >= 11 is 0. The molecule has 2 nitrogen and oxygen atoms in total. The second-order valence-corrected chi connectivity index (χ2v) is 2.42. The maximum absolute atomic E-state index is 3.01. The van der Waals surface area contributed by atoms with Crippen molar-refractivity contribution >= 4 is 0 Å². The molecule has 0 aliphatic carbocycles. The Morgan fingerprint density at radius 3 is 2.60 bits per heavy atom. The molecule has 10 heavy (non-hydrogen) atoms. The summed E-state index contributed by atoms with van der Waals surface area (Å²) in [6.07, 6.45) is 4.42. The Morgan fingerprint density at radius 2 is 2.10 bits per heavy atom. The lowest BCUT2D eigenvalue weighted by atomic mass is 10.2. The largest absolute Gasteiger partial charge is 0.329 e. The van der Waals surface area contributed by atoms with Gasteiger partial charge >= 0.3 is 0 Å². The molecule has 0 saturated heterocycles. The van der Waals surface area contributed by atoms with Gasteiger partial charge in [0, 0.05) is 12.7 Å². The molecule has 0 aromatic carbocycles. The Morgan fingerprint density at radius 1 is 1.40 bits per heavy atom. The van der Waals surface area contributed by atoms with Crippen molar-refractivity contribution in [2.24, 2.45) is 0 Å². The number of rotatable bonds is 5.